The summed E-state index contributed by atoms with van der Waals surface area (Å²) in [5.74, 6) is 0.455. The highest BCUT2D eigenvalue weighted by molar-refractivity contribution is 5.76. The summed E-state index contributed by atoms with van der Waals surface area (Å²) in [6.45, 7) is 0. The van der Waals surface area contributed by atoms with Crippen LogP contribution in [0.2, 0.25) is 0 Å². The summed E-state index contributed by atoms with van der Waals surface area (Å²) in [6, 6.07) is 8.26. The van der Waals surface area contributed by atoms with E-state index >= 15 is 0 Å². The zero-order valence-corrected chi connectivity index (χ0v) is 14.1. The lowest BCUT2D eigenvalue weighted by molar-refractivity contribution is -0.141. The number of para-hydroxylation sites is 2. The second kappa shape index (κ2) is 6.63. The smallest absolute Gasteiger partial charge is 0.305 e. The second-order valence-corrected chi connectivity index (χ2v) is 6.56. The number of hydrogen-bond acceptors (Lipinski definition) is 5. The Morgan fingerprint density at radius 3 is 2.84 bits per heavy atom. The van der Waals surface area contributed by atoms with E-state index in [1.54, 1.807) is 6.20 Å². The maximum absolute atomic E-state index is 11.2. The van der Waals surface area contributed by atoms with E-state index in [4.69, 9.17) is 4.74 Å². The van der Waals surface area contributed by atoms with Crippen LogP contribution < -0.4 is 0 Å². The monoisotopic (exact) mass is 336 g/mol. The van der Waals surface area contributed by atoms with Gasteiger partial charge < -0.3 is 4.74 Å². The average molecular weight is 336 g/mol. The Morgan fingerprint density at radius 1 is 1.24 bits per heavy atom. The van der Waals surface area contributed by atoms with Crippen molar-refractivity contribution in [1.29, 1.82) is 0 Å². The molecule has 1 aliphatic carbocycles. The lowest BCUT2D eigenvalue weighted by Crippen LogP contribution is -2.27. The molecule has 1 saturated carbocycles. The van der Waals surface area contributed by atoms with Crippen molar-refractivity contribution in [3.8, 4) is 11.3 Å². The third-order valence-electron chi connectivity index (χ3n) is 4.92. The molecule has 0 atom stereocenters. The van der Waals surface area contributed by atoms with Crippen molar-refractivity contribution in [2.75, 3.05) is 7.11 Å². The van der Waals surface area contributed by atoms with Crippen molar-refractivity contribution in [2.45, 2.75) is 31.7 Å². The molecule has 1 aromatic carbocycles. The van der Waals surface area contributed by atoms with Crippen molar-refractivity contribution < 1.29 is 9.53 Å². The van der Waals surface area contributed by atoms with Crippen LogP contribution in [0, 0.1) is 5.92 Å². The highest BCUT2D eigenvalue weighted by Gasteiger charge is 2.31. The molecule has 0 aliphatic heterocycles. The van der Waals surface area contributed by atoms with Crippen molar-refractivity contribution in [3.05, 3.63) is 42.9 Å². The van der Waals surface area contributed by atoms with E-state index < -0.39 is 0 Å². The van der Waals surface area contributed by atoms with Crippen LogP contribution >= 0.6 is 0 Å². The number of carbonyl (C=O) groups is 1. The summed E-state index contributed by atoms with van der Waals surface area (Å²) >= 11 is 0. The van der Waals surface area contributed by atoms with Gasteiger partial charge in [0.05, 0.1) is 42.3 Å². The Labute approximate surface area is 145 Å². The molecule has 1 aliphatic rings. The fourth-order valence-electron chi connectivity index (χ4n) is 3.34. The molecule has 3 aromatic rings. The molecule has 0 saturated heterocycles. The fourth-order valence-corrected chi connectivity index (χ4v) is 3.34. The first-order chi connectivity index (χ1) is 12.2. The number of benzene rings is 1. The molecule has 0 bridgehead atoms. The summed E-state index contributed by atoms with van der Waals surface area (Å²) in [7, 11) is 1.44. The molecule has 1 fully saturated rings. The highest BCUT2D eigenvalue weighted by Crippen LogP contribution is 2.40. The van der Waals surface area contributed by atoms with Gasteiger partial charge in [-0.1, -0.05) is 12.1 Å². The molecule has 0 spiro atoms. The van der Waals surface area contributed by atoms with Crippen LogP contribution in [0.4, 0.5) is 0 Å². The molecule has 0 unspecified atom stereocenters. The van der Waals surface area contributed by atoms with Crippen molar-refractivity contribution in [2.24, 2.45) is 5.92 Å². The van der Waals surface area contributed by atoms with Crippen LogP contribution in [0.15, 0.2) is 42.9 Å². The van der Waals surface area contributed by atoms with Crippen molar-refractivity contribution in [1.82, 2.24) is 19.7 Å². The number of rotatable bonds is 5. The first kappa shape index (κ1) is 15.7. The minimum atomic E-state index is -0.125. The second-order valence-electron chi connectivity index (χ2n) is 6.56. The van der Waals surface area contributed by atoms with Crippen molar-refractivity contribution >= 4 is 17.0 Å². The number of fused-ring (bicyclic) bond motifs is 1. The quantitative estimate of drug-likeness (QED) is 0.668. The first-order valence-corrected chi connectivity index (χ1v) is 8.56. The summed E-state index contributed by atoms with van der Waals surface area (Å²) in [6.07, 6.45) is 9.20. The van der Waals surface area contributed by atoms with Gasteiger partial charge in [0.2, 0.25) is 0 Å². The van der Waals surface area contributed by atoms with E-state index in [1.807, 2.05) is 41.3 Å². The average Bonchev–Trinajstić information content (AvgIpc) is 3.09. The third kappa shape index (κ3) is 3.24. The number of aromatic nitrogens is 4. The number of ether oxygens (including phenoxy) is 1. The summed E-state index contributed by atoms with van der Waals surface area (Å²) in [4.78, 5) is 20.3. The van der Waals surface area contributed by atoms with E-state index in [0.29, 0.717) is 18.4 Å². The van der Waals surface area contributed by atoms with Gasteiger partial charge in [-0.3, -0.25) is 14.5 Å². The van der Waals surface area contributed by atoms with Crippen LogP contribution in [0.5, 0.6) is 0 Å². The van der Waals surface area contributed by atoms with Crippen LogP contribution in [0.25, 0.3) is 22.3 Å². The lowest BCUT2D eigenvalue weighted by Gasteiger charge is -2.35. The molecular weight excluding hydrogens is 316 g/mol. The maximum atomic E-state index is 11.2. The highest BCUT2D eigenvalue weighted by atomic mass is 16.5. The summed E-state index contributed by atoms with van der Waals surface area (Å²) < 4.78 is 6.71. The number of hydrogen-bond donors (Lipinski definition) is 0. The zero-order valence-electron chi connectivity index (χ0n) is 14.1. The predicted octanol–water partition coefficient (Wildman–Crippen LogP) is 3.40. The van der Waals surface area contributed by atoms with Crippen molar-refractivity contribution in [3.63, 3.8) is 0 Å². The topological polar surface area (TPSA) is 69.9 Å². The minimum absolute atomic E-state index is 0.125. The molecule has 6 heteroatoms. The van der Waals surface area contributed by atoms with Gasteiger partial charge in [0.15, 0.2) is 0 Å². The molecule has 0 amide bonds. The Hall–Kier alpha value is -2.76. The molecule has 6 nitrogen and oxygen atoms in total. The minimum Gasteiger partial charge on any atom is -0.469 e. The van der Waals surface area contributed by atoms with Crippen LogP contribution in [-0.2, 0) is 9.53 Å². The van der Waals surface area contributed by atoms with E-state index in [1.165, 1.54) is 7.11 Å². The van der Waals surface area contributed by atoms with E-state index in [2.05, 4.69) is 15.1 Å². The fraction of sp³-hybridized carbons (Fsp3) is 0.368. The predicted molar refractivity (Wildman–Crippen MR) is 93.8 cm³/mol. The Morgan fingerprint density at radius 2 is 2.04 bits per heavy atom. The maximum Gasteiger partial charge on any atom is 0.305 e. The Kier molecular flexibility index (Phi) is 4.17. The van der Waals surface area contributed by atoms with E-state index in [0.717, 1.165) is 41.6 Å². The third-order valence-corrected chi connectivity index (χ3v) is 4.92. The molecule has 25 heavy (non-hydrogen) atoms. The molecule has 2 heterocycles. The SMILES string of the molecule is COC(=O)CCC1CC(n2cc(-c3cnc4ccccc4n3)cn2)C1. The number of methoxy groups -OCH3 is 1. The van der Waals surface area contributed by atoms with Gasteiger partial charge in [-0.25, -0.2) is 4.98 Å². The molecule has 4 rings (SSSR count). The molecule has 0 radical (unpaired) electrons. The van der Waals surface area contributed by atoms with Gasteiger partial charge in [0.1, 0.15) is 0 Å². The zero-order chi connectivity index (χ0) is 17.2. The number of nitrogens with zero attached hydrogens (tertiary/aromatic N) is 4. The van der Waals surface area contributed by atoms with Gasteiger partial charge in [0, 0.05) is 18.2 Å². The van der Waals surface area contributed by atoms with Gasteiger partial charge in [-0.05, 0) is 37.3 Å². The Bertz CT molecular complexity index is 899. The van der Waals surface area contributed by atoms with Crippen LogP contribution in [-0.4, -0.2) is 32.8 Å². The van der Waals surface area contributed by atoms with Gasteiger partial charge in [-0.15, -0.1) is 0 Å². The first-order valence-electron chi connectivity index (χ1n) is 8.56. The summed E-state index contributed by atoms with van der Waals surface area (Å²) in [5, 5.41) is 4.50. The van der Waals surface area contributed by atoms with Crippen LogP contribution in [0.3, 0.4) is 0 Å². The van der Waals surface area contributed by atoms with Gasteiger partial charge >= 0.3 is 5.97 Å². The normalized spacial score (nSPS) is 19.6. The lowest BCUT2D eigenvalue weighted by atomic mass is 9.77. The standard InChI is InChI=1S/C19H20N4O2/c1-25-19(24)7-6-13-8-15(9-13)23-12-14(10-21-23)18-11-20-16-4-2-3-5-17(16)22-18/h2-5,10-13,15H,6-9H2,1H3. The van der Waals surface area contributed by atoms with E-state index in [-0.39, 0.29) is 5.97 Å². The number of esters is 1. The van der Waals surface area contributed by atoms with E-state index in [9.17, 15) is 4.79 Å². The summed E-state index contributed by atoms with van der Waals surface area (Å²) in [5.41, 5.74) is 3.60. The molecule has 128 valence electrons. The molecule has 0 N–H and O–H groups in total. The van der Waals surface area contributed by atoms with Gasteiger partial charge in [-0.2, -0.15) is 5.10 Å². The largest absolute Gasteiger partial charge is 0.469 e. The molecule has 2 aromatic heterocycles. The number of carbonyl (C=O) groups excluding carboxylic acids is 1. The molecular formula is C19H20N4O2. The van der Waals surface area contributed by atoms with Crippen LogP contribution in [0.1, 0.15) is 31.7 Å². The van der Waals surface area contributed by atoms with Gasteiger partial charge in [0.25, 0.3) is 0 Å². The Balaban J connectivity index is 1.41.